The van der Waals surface area contributed by atoms with Crippen molar-refractivity contribution in [1.29, 1.82) is 0 Å². The molecule has 0 bridgehead atoms. The van der Waals surface area contributed by atoms with Gasteiger partial charge in [-0.05, 0) is 52.5 Å². The summed E-state index contributed by atoms with van der Waals surface area (Å²) in [5, 5.41) is 0.455. The molecule has 1 aromatic heterocycles. The summed E-state index contributed by atoms with van der Waals surface area (Å²) < 4.78 is 1.82. The van der Waals surface area contributed by atoms with E-state index in [0.717, 1.165) is 25.8 Å². The lowest BCUT2D eigenvalue weighted by Gasteiger charge is -2.12. The second-order valence-corrected chi connectivity index (χ2v) is 6.72. The fourth-order valence-electron chi connectivity index (χ4n) is 1.82. The van der Waals surface area contributed by atoms with Crippen molar-refractivity contribution in [2.75, 3.05) is 0 Å². The highest BCUT2D eigenvalue weighted by Gasteiger charge is 2.15. The number of hydrogen-bond donors (Lipinski definition) is 0. The van der Waals surface area contributed by atoms with E-state index < -0.39 is 0 Å². The predicted octanol–water partition coefficient (Wildman–Crippen LogP) is 5.75. The fraction of sp³-hybridized carbons (Fsp3) is 0.286. The first-order valence-corrected chi connectivity index (χ1v) is 7.86. The largest absolute Gasteiger partial charge is 0.232 e. The fourth-order valence-corrected chi connectivity index (χ4v) is 3.10. The second kappa shape index (κ2) is 5.90. The lowest BCUT2D eigenvalue weighted by molar-refractivity contribution is 0.809. The predicted molar refractivity (Wildman–Crippen MR) is 86.7 cm³/mol. The highest BCUT2D eigenvalue weighted by Crippen LogP contribution is 2.32. The molecule has 0 amide bonds. The Hall–Kier alpha value is -0.450. The molecule has 0 N–H and O–H groups in total. The van der Waals surface area contributed by atoms with Crippen LogP contribution in [0.3, 0.4) is 0 Å². The molecular weight excluding hydrogens is 391 g/mol. The Labute approximate surface area is 134 Å². The molecule has 2 aromatic rings. The van der Waals surface area contributed by atoms with Gasteiger partial charge in [0, 0.05) is 10.0 Å². The van der Waals surface area contributed by atoms with Crippen LogP contribution in [-0.2, 0) is 0 Å². The number of aromatic nitrogens is 2. The molecule has 2 nitrogen and oxygen atoms in total. The van der Waals surface area contributed by atoms with Gasteiger partial charge >= 0.3 is 0 Å². The third-order valence-electron chi connectivity index (χ3n) is 2.81. The summed E-state index contributed by atoms with van der Waals surface area (Å²) in [6.45, 7) is 6.21. The highest BCUT2D eigenvalue weighted by atomic mass is 79.9. The van der Waals surface area contributed by atoms with Gasteiger partial charge in [0.1, 0.15) is 5.15 Å². The average molecular weight is 405 g/mol. The van der Waals surface area contributed by atoms with Crippen molar-refractivity contribution in [1.82, 2.24) is 9.97 Å². The van der Waals surface area contributed by atoms with E-state index in [-0.39, 0.29) is 5.92 Å². The molecule has 0 aliphatic heterocycles. The van der Waals surface area contributed by atoms with E-state index in [0.29, 0.717) is 11.0 Å². The minimum Gasteiger partial charge on any atom is -0.232 e. The Bertz CT molecular complexity index is 627. The van der Waals surface area contributed by atoms with Crippen LogP contribution in [0.5, 0.6) is 0 Å². The maximum Gasteiger partial charge on any atom is 0.161 e. The Morgan fingerprint density at radius 1 is 1.16 bits per heavy atom. The molecule has 0 unspecified atom stereocenters. The lowest BCUT2D eigenvalue weighted by atomic mass is 10.1. The van der Waals surface area contributed by atoms with E-state index in [2.05, 4.69) is 55.7 Å². The van der Waals surface area contributed by atoms with Gasteiger partial charge in [0.25, 0.3) is 0 Å². The molecule has 1 aromatic carbocycles. The van der Waals surface area contributed by atoms with Crippen LogP contribution in [0.1, 0.15) is 31.0 Å². The van der Waals surface area contributed by atoms with Gasteiger partial charge in [-0.1, -0.05) is 41.4 Å². The zero-order valence-electron chi connectivity index (χ0n) is 10.8. The molecule has 2 rings (SSSR count). The lowest BCUT2D eigenvalue weighted by Crippen LogP contribution is -2.01. The summed E-state index contributed by atoms with van der Waals surface area (Å²) in [5.41, 5.74) is 3.04. The first-order valence-electron chi connectivity index (χ1n) is 5.89. The number of benzene rings is 1. The number of rotatable bonds is 2. The van der Waals surface area contributed by atoms with E-state index >= 15 is 0 Å². The van der Waals surface area contributed by atoms with Crippen molar-refractivity contribution in [3.05, 3.63) is 43.6 Å². The van der Waals surface area contributed by atoms with Crippen molar-refractivity contribution >= 4 is 43.5 Å². The summed E-state index contributed by atoms with van der Waals surface area (Å²) in [6, 6.07) is 6.03. The monoisotopic (exact) mass is 402 g/mol. The quantitative estimate of drug-likeness (QED) is 0.595. The summed E-state index contributed by atoms with van der Waals surface area (Å²) in [5.74, 6) is 0.950. The zero-order valence-corrected chi connectivity index (χ0v) is 14.8. The zero-order chi connectivity index (χ0) is 14.2. The van der Waals surface area contributed by atoms with Gasteiger partial charge in [-0.2, -0.15) is 0 Å². The third-order valence-corrected chi connectivity index (χ3v) is 4.59. The molecule has 100 valence electrons. The van der Waals surface area contributed by atoms with Gasteiger partial charge in [-0.25, -0.2) is 9.97 Å². The molecule has 0 saturated carbocycles. The summed E-state index contributed by atoms with van der Waals surface area (Å²) in [4.78, 5) is 9.00. The molecular formula is C14H13Br2ClN2. The summed E-state index contributed by atoms with van der Waals surface area (Å²) in [7, 11) is 0. The normalized spacial score (nSPS) is 11.1. The summed E-state index contributed by atoms with van der Waals surface area (Å²) >= 11 is 13.1. The maximum atomic E-state index is 6.19. The standard InChI is InChI=1S/C14H13Br2ClN2/c1-7(2)12-11(16)13(17)19-14(18-12)10-5-4-9(15)6-8(10)3/h4-7H,1-3H3. The SMILES string of the molecule is Cc1cc(Br)ccc1-c1nc(Cl)c(Br)c(C(C)C)n1. The van der Waals surface area contributed by atoms with Crippen LogP contribution in [0.15, 0.2) is 27.1 Å². The van der Waals surface area contributed by atoms with Crippen molar-refractivity contribution in [3.63, 3.8) is 0 Å². The van der Waals surface area contributed by atoms with Crippen LogP contribution >= 0.6 is 43.5 Å². The molecule has 0 aliphatic rings. The van der Waals surface area contributed by atoms with Gasteiger partial charge in [0.2, 0.25) is 0 Å². The number of hydrogen-bond acceptors (Lipinski definition) is 2. The summed E-state index contributed by atoms with van der Waals surface area (Å²) in [6.07, 6.45) is 0. The Kier molecular flexibility index (Phi) is 4.64. The Morgan fingerprint density at radius 2 is 1.84 bits per heavy atom. The van der Waals surface area contributed by atoms with Gasteiger partial charge in [0.15, 0.2) is 5.82 Å². The van der Waals surface area contributed by atoms with Gasteiger partial charge in [-0.3, -0.25) is 0 Å². The highest BCUT2D eigenvalue weighted by molar-refractivity contribution is 9.10. The topological polar surface area (TPSA) is 25.8 Å². The minimum atomic E-state index is 0.282. The molecule has 1 heterocycles. The molecule has 19 heavy (non-hydrogen) atoms. The van der Waals surface area contributed by atoms with Crippen LogP contribution < -0.4 is 0 Å². The van der Waals surface area contributed by atoms with E-state index in [1.165, 1.54) is 0 Å². The molecule has 0 atom stereocenters. The van der Waals surface area contributed by atoms with Crippen molar-refractivity contribution in [2.24, 2.45) is 0 Å². The van der Waals surface area contributed by atoms with Crippen molar-refractivity contribution in [3.8, 4) is 11.4 Å². The van der Waals surface area contributed by atoms with Crippen LogP contribution in [0, 0.1) is 6.92 Å². The number of aryl methyl sites for hydroxylation is 1. The van der Waals surface area contributed by atoms with Crippen LogP contribution in [0.4, 0.5) is 0 Å². The van der Waals surface area contributed by atoms with E-state index in [1.54, 1.807) is 0 Å². The molecule has 0 fully saturated rings. The maximum absolute atomic E-state index is 6.19. The Morgan fingerprint density at radius 3 is 2.42 bits per heavy atom. The smallest absolute Gasteiger partial charge is 0.161 e. The van der Waals surface area contributed by atoms with E-state index in [9.17, 15) is 0 Å². The van der Waals surface area contributed by atoms with E-state index in [4.69, 9.17) is 11.6 Å². The first kappa shape index (κ1) is 14.9. The van der Waals surface area contributed by atoms with Crippen molar-refractivity contribution < 1.29 is 0 Å². The molecule has 0 saturated heterocycles. The Balaban J connectivity index is 2.63. The van der Waals surface area contributed by atoms with Crippen LogP contribution in [0.25, 0.3) is 11.4 Å². The van der Waals surface area contributed by atoms with Crippen LogP contribution in [-0.4, -0.2) is 9.97 Å². The minimum absolute atomic E-state index is 0.282. The molecule has 0 aliphatic carbocycles. The van der Waals surface area contributed by atoms with Gasteiger partial charge < -0.3 is 0 Å². The number of halogens is 3. The molecule has 0 spiro atoms. The second-order valence-electron chi connectivity index (χ2n) is 4.65. The molecule has 5 heteroatoms. The van der Waals surface area contributed by atoms with Gasteiger partial charge in [-0.15, -0.1) is 0 Å². The third kappa shape index (κ3) is 3.18. The average Bonchev–Trinajstić information content (AvgIpc) is 2.32. The number of nitrogens with zero attached hydrogens (tertiary/aromatic N) is 2. The van der Waals surface area contributed by atoms with Crippen LogP contribution in [0.2, 0.25) is 5.15 Å². The first-order chi connectivity index (χ1) is 8.90. The molecule has 0 radical (unpaired) electrons. The van der Waals surface area contributed by atoms with E-state index in [1.807, 2.05) is 25.1 Å². The van der Waals surface area contributed by atoms with Gasteiger partial charge in [0.05, 0.1) is 10.2 Å². The van der Waals surface area contributed by atoms with Crippen molar-refractivity contribution in [2.45, 2.75) is 26.7 Å².